The van der Waals surface area contributed by atoms with Gasteiger partial charge in [-0.15, -0.1) is 0 Å². The second-order valence-electron chi connectivity index (χ2n) is 6.97. The van der Waals surface area contributed by atoms with Crippen molar-refractivity contribution in [3.63, 3.8) is 0 Å². The monoisotopic (exact) mass is 354 g/mol. The lowest BCUT2D eigenvalue weighted by Gasteiger charge is -2.18. The summed E-state index contributed by atoms with van der Waals surface area (Å²) in [7, 11) is 0. The van der Waals surface area contributed by atoms with E-state index in [1.54, 1.807) is 6.26 Å². The molecule has 0 saturated carbocycles. The van der Waals surface area contributed by atoms with E-state index in [0.29, 0.717) is 6.04 Å². The summed E-state index contributed by atoms with van der Waals surface area (Å²) in [5, 5.41) is 3.59. The highest BCUT2D eigenvalue weighted by molar-refractivity contribution is 5.48. The minimum absolute atomic E-state index is 0.365. The molecule has 1 atom stereocenters. The molecule has 0 aromatic carbocycles. The van der Waals surface area contributed by atoms with Crippen LogP contribution in [0.1, 0.15) is 29.3 Å². The van der Waals surface area contributed by atoms with Gasteiger partial charge in [0.1, 0.15) is 17.4 Å². The van der Waals surface area contributed by atoms with Crippen molar-refractivity contribution in [3.8, 4) is 0 Å². The molecule has 2 aromatic rings. The number of hydrogen-bond acceptors (Lipinski definition) is 6. The lowest BCUT2D eigenvalue weighted by molar-refractivity contribution is 0.195. The van der Waals surface area contributed by atoms with Crippen LogP contribution in [0.5, 0.6) is 0 Å². The Labute approximate surface area is 154 Å². The van der Waals surface area contributed by atoms with Crippen LogP contribution in [-0.4, -0.2) is 53.8 Å². The topological polar surface area (TPSA) is 63.4 Å². The Balaban J connectivity index is 1.43. The fourth-order valence-corrected chi connectivity index (χ4v) is 3.62. The largest absolute Gasteiger partial charge is 0.465 e. The number of nitrogens with one attached hydrogen (secondary N) is 1. The first-order valence-corrected chi connectivity index (χ1v) is 9.41. The quantitative estimate of drug-likeness (QED) is 0.891. The normalized spacial score (nSPS) is 21.0. The third-order valence-corrected chi connectivity index (χ3v) is 5.01. The van der Waals surface area contributed by atoms with Gasteiger partial charge in [0.15, 0.2) is 0 Å². The summed E-state index contributed by atoms with van der Waals surface area (Å²) in [6.45, 7) is 6.52. The molecule has 0 unspecified atom stereocenters. The van der Waals surface area contributed by atoms with E-state index in [1.807, 2.05) is 25.1 Å². The van der Waals surface area contributed by atoms with Gasteiger partial charge in [0.05, 0.1) is 24.6 Å². The summed E-state index contributed by atoms with van der Waals surface area (Å²) in [4.78, 5) is 11.9. The van der Waals surface area contributed by atoms with Gasteiger partial charge in [0, 0.05) is 38.2 Å². The van der Waals surface area contributed by atoms with E-state index in [-0.39, 0.29) is 0 Å². The van der Waals surface area contributed by atoms with Crippen LogP contribution in [0.15, 0.2) is 28.9 Å². The molecule has 0 aliphatic carbocycles. The van der Waals surface area contributed by atoms with Crippen molar-refractivity contribution in [3.05, 3.63) is 47.3 Å². The van der Waals surface area contributed by atoms with E-state index in [9.17, 15) is 0 Å². The van der Waals surface area contributed by atoms with Crippen molar-refractivity contribution in [2.75, 3.05) is 38.2 Å². The Hall–Kier alpha value is -2.18. The molecule has 138 valence electrons. The predicted molar refractivity (Wildman–Crippen MR) is 101 cm³/mol. The maximum atomic E-state index is 5.49. The highest BCUT2D eigenvalue weighted by atomic mass is 16.5. The molecule has 0 bridgehead atoms. The lowest BCUT2D eigenvalue weighted by Crippen LogP contribution is -2.26. The van der Waals surface area contributed by atoms with Gasteiger partial charge >= 0.3 is 0 Å². The van der Waals surface area contributed by atoms with Crippen molar-refractivity contribution < 1.29 is 9.15 Å². The van der Waals surface area contributed by atoms with Crippen molar-refractivity contribution in [2.45, 2.75) is 32.2 Å². The molecule has 2 aliphatic heterocycles. The molecule has 6 heteroatoms. The Morgan fingerprint density at radius 1 is 1.31 bits per heavy atom. The number of aryl methyl sites for hydroxylation is 1. The number of furan rings is 1. The number of fused-ring (bicyclic) bond motifs is 1. The molecule has 4 heterocycles. The van der Waals surface area contributed by atoms with Crippen LogP contribution < -0.4 is 5.32 Å². The zero-order valence-corrected chi connectivity index (χ0v) is 15.3. The van der Waals surface area contributed by atoms with E-state index in [4.69, 9.17) is 14.1 Å². The molecule has 0 spiro atoms. The zero-order chi connectivity index (χ0) is 17.8. The van der Waals surface area contributed by atoms with E-state index in [2.05, 4.69) is 21.3 Å². The molecule has 2 aliphatic rings. The number of rotatable bonds is 5. The van der Waals surface area contributed by atoms with Gasteiger partial charge in [-0.2, -0.15) is 0 Å². The van der Waals surface area contributed by atoms with E-state index < -0.39 is 0 Å². The number of anilines is 1. The number of aromatic nitrogens is 2. The Kier molecular flexibility index (Phi) is 5.32. The van der Waals surface area contributed by atoms with E-state index in [1.165, 1.54) is 11.3 Å². The summed E-state index contributed by atoms with van der Waals surface area (Å²) < 4.78 is 10.8. The molecule has 6 nitrogen and oxygen atoms in total. The maximum absolute atomic E-state index is 5.49. The summed E-state index contributed by atoms with van der Waals surface area (Å²) >= 11 is 0. The van der Waals surface area contributed by atoms with Crippen LogP contribution in [-0.2, 0) is 17.6 Å². The van der Waals surface area contributed by atoms with Gasteiger partial charge in [0.25, 0.3) is 0 Å². The Bertz CT molecular complexity index is 751. The fourth-order valence-electron chi connectivity index (χ4n) is 3.62. The number of hydrogen-bond donors (Lipinski definition) is 1. The molecule has 26 heavy (non-hydrogen) atoms. The number of nitrogens with zero attached hydrogens (tertiary/aromatic N) is 3. The average molecular weight is 354 g/mol. The fraction of sp³-hybridized carbons (Fsp3) is 0.500. The molecule has 0 amide bonds. The van der Waals surface area contributed by atoms with Crippen LogP contribution in [0, 0.1) is 6.92 Å². The highest BCUT2D eigenvalue weighted by Crippen LogP contribution is 2.23. The first kappa shape index (κ1) is 17.2. The minimum atomic E-state index is 0.365. The molecule has 1 fully saturated rings. The highest BCUT2D eigenvalue weighted by Gasteiger charge is 2.22. The van der Waals surface area contributed by atoms with Gasteiger partial charge in [-0.3, -0.25) is 4.90 Å². The third-order valence-electron chi connectivity index (χ3n) is 5.01. The lowest BCUT2D eigenvalue weighted by atomic mass is 10.1. The van der Waals surface area contributed by atoms with Gasteiger partial charge in [-0.05, 0) is 38.0 Å². The minimum Gasteiger partial charge on any atom is -0.465 e. The average Bonchev–Trinajstić information content (AvgIpc) is 3.28. The van der Waals surface area contributed by atoms with Crippen LogP contribution in [0.25, 0.3) is 6.08 Å². The summed E-state index contributed by atoms with van der Waals surface area (Å²) in [6.07, 6.45) is 8.88. The van der Waals surface area contributed by atoms with Crippen LogP contribution in [0.4, 0.5) is 5.82 Å². The van der Waals surface area contributed by atoms with Crippen LogP contribution in [0.2, 0.25) is 0 Å². The summed E-state index contributed by atoms with van der Waals surface area (Å²) in [5.41, 5.74) is 2.47. The Morgan fingerprint density at radius 3 is 3.04 bits per heavy atom. The molecule has 0 radical (unpaired) electrons. The summed E-state index contributed by atoms with van der Waals surface area (Å²) in [6, 6.07) is 4.24. The van der Waals surface area contributed by atoms with Crippen LogP contribution in [0.3, 0.4) is 0 Å². The Morgan fingerprint density at radius 2 is 2.23 bits per heavy atom. The molecule has 2 aromatic heterocycles. The molecule has 1 saturated heterocycles. The van der Waals surface area contributed by atoms with Gasteiger partial charge in [0.2, 0.25) is 0 Å². The van der Waals surface area contributed by atoms with Crippen molar-refractivity contribution in [1.82, 2.24) is 14.9 Å². The third kappa shape index (κ3) is 4.14. The van der Waals surface area contributed by atoms with E-state index in [0.717, 1.165) is 69.5 Å². The van der Waals surface area contributed by atoms with Crippen molar-refractivity contribution in [1.29, 1.82) is 0 Å². The molecule has 4 rings (SSSR count). The first-order valence-electron chi connectivity index (χ1n) is 9.41. The molecular weight excluding hydrogens is 328 g/mol. The number of ether oxygens (including phenoxy) is 1. The second kappa shape index (κ2) is 8.01. The van der Waals surface area contributed by atoms with E-state index >= 15 is 0 Å². The maximum Gasteiger partial charge on any atom is 0.133 e. The standard InChI is InChI=1S/C20H26N4O2/c1-15-21-19-7-11-24(9-2-4-17-5-3-12-26-17)10-6-18(19)20(22-15)23-16-8-13-25-14-16/h2-5,12,16H,6-11,13-14H2,1H3,(H,21,22,23)/b4-2+/t16-/m1/s1. The van der Waals surface area contributed by atoms with Crippen molar-refractivity contribution in [2.24, 2.45) is 0 Å². The van der Waals surface area contributed by atoms with Gasteiger partial charge < -0.3 is 14.5 Å². The summed E-state index contributed by atoms with van der Waals surface area (Å²) in [5.74, 6) is 2.75. The smallest absolute Gasteiger partial charge is 0.133 e. The second-order valence-corrected chi connectivity index (χ2v) is 6.97. The van der Waals surface area contributed by atoms with Crippen molar-refractivity contribution >= 4 is 11.9 Å². The van der Waals surface area contributed by atoms with Crippen LogP contribution >= 0.6 is 0 Å². The van der Waals surface area contributed by atoms with Gasteiger partial charge in [-0.1, -0.05) is 6.08 Å². The van der Waals surface area contributed by atoms with Gasteiger partial charge in [-0.25, -0.2) is 9.97 Å². The zero-order valence-electron chi connectivity index (χ0n) is 15.3. The molecule has 1 N–H and O–H groups in total. The SMILES string of the molecule is Cc1nc2c(c(N[C@@H]3CCOC3)n1)CCN(C/C=C/c1ccco1)CC2. The predicted octanol–water partition coefficient (Wildman–Crippen LogP) is 2.69. The first-order chi connectivity index (χ1) is 12.8. The molecular formula is C20H26N4O2.